The van der Waals surface area contributed by atoms with Crippen molar-refractivity contribution in [3.63, 3.8) is 0 Å². The van der Waals surface area contributed by atoms with Crippen LogP contribution in [0.2, 0.25) is 0 Å². The highest BCUT2D eigenvalue weighted by Crippen LogP contribution is 2.13. The lowest BCUT2D eigenvalue weighted by Gasteiger charge is -2.07. The zero-order chi connectivity index (χ0) is 14.4. The summed E-state index contributed by atoms with van der Waals surface area (Å²) in [5, 5.41) is 11.0. The first-order valence-electron chi connectivity index (χ1n) is 5.96. The van der Waals surface area contributed by atoms with E-state index in [0.29, 0.717) is 16.6 Å². The zero-order valence-corrected chi connectivity index (χ0v) is 10.6. The number of hydrogen-bond donors (Lipinski definition) is 2. The Morgan fingerprint density at radius 2 is 2.05 bits per heavy atom. The second kappa shape index (κ2) is 6.58. The molecule has 0 aliphatic rings. The molecular formula is C13H13N3O4. The summed E-state index contributed by atoms with van der Waals surface area (Å²) in [5.41, 5.74) is 1.59. The van der Waals surface area contributed by atoms with Crippen LogP contribution in [0.5, 0.6) is 0 Å². The van der Waals surface area contributed by atoms with E-state index in [9.17, 15) is 9.59 Å². The first kappa shape index (κ1) is 13.9. The number of nitrogens with zero attached hydrogens (tertiary/aromatic N) is 2. The molecule has 20 heavy (non-hydrogen) atoms. The van der Waals surface area contributed by atoms with E-state index in [0.717, 1.165) is 0 Å². The minimum atomic E-state index is -1.04. The van der Waals surface area contributed by atoms with Crippen molar-refractivity contribution in [2.45, 2.75) is 0 Å². The fourth-order valence-electron chi connectivity index (χ4n) is 1.67. The quantitative estimate of drug-likeness (QED) is 0.743. The van der Waals surface area contributed by atoms with Crippen LogP contribution < -0.4 is 5.32 Å². The molecular weight excluding hydrogens is 262 g/mol. The molecule has 0 fully saturated rings. The number of amides is 1. The number of nitrogens with one attached hydrogen (secondary N) is 1. The maximum atomic E-state index is 12.0. The van der Waals surface area contributed by atoms with Gasteiger partial charge in [0.2, 0.25) is 0 Å². The predicted molar refractivity (Wildman–Crippen MR) is 70.3 cm³/mol. The van der Waals surface area contributed by atoms with E-state index in [1.165, 1.54) is 6.20 Å². The molecule has 2 aromatic rings. The number of ether oxygens (including phenoxy) is 1. The first-order chi connectivity index (χ1) is 9.68. The zero-order valence-electron chi connectivity index (χ0n) is 10.6. The lowest BCUT2D eigenvalue weighted by molar-refractivity contribution is -0.142. The molecule has 1 aromatic carbocycles. The molecule has 0 bridgehead atoms. The number of carbonyl (C=O) groups excluding carboxylic acids is 1. The molecule has 1 amide bonds. The van der Waals surface area contributed by atoms with Gasteiger partial charge in [-0.3, -0.25) is 14.8 Å². The molecule has 104 valence electrons. The predicted octanol–water partition coefficient (Wildman–Crippen LogP) is 0.461. The number of aliphatic carboxylic acids is 1. The topological polar surface area (TPSA) is 101 Å². The van der Waals surface area contributed by atoms with Crippen molar-refractivity contribution in [2.24, 2.45) is 0 Å². The number of benzene rings is 1. The van der Waals surface area contributed by atoms with Gasteiger partial charge in [0.15, 0.2) is 0 Å². The molecule has 0 aliphatic carbocycles. The highest BCUT2D eigenvalue weighted by molar-refractivity contribution is 6.04. The largest absolute Gasteiger partial charge is 0.480 e. The SMILES string of the molecule is O=C(O)COCCNC(=O)c1cccc2nccnc12. The van der Waals surface area contributed by atoms with Crippen LogP contribution >= 0.6 is 0 Å². The Labute approximate surface area is 114 Å². The second-order valence-corrected chi connectivity index (χ2v) is 3.93. The van der Waals surface area contributed by atoms with E-state index in [4.69, 9.17) is 9.84 Å². The third-order valence-corrected chi connectivity index (χ3v) is 2.50. The summed E-state index contributed by atoms with van der Waals surface area (Å²) in [7, 11) is 0. The van der Waals surface area contributed by atoms with E-state index in [1.807, 2.05) is 0 Å². The van der Waals surface area contributed by atoms with Crippen LogP contribution in [0.4, 0.5) is 0 Å². The van der Waals surface area contributed by atoms with Gasteiger partial charge in [0, 0.05) is 18.9 Å². The average Bonchev–Trinajstić information content (AvgIpc) is 2.45. The van der Waals surface area contributed by atoms with Crippen LogP contribution in [0.15, 0.2) is 30.6 Å². The number of carboxylic acids is 1. The van der Waals surface area contributed by atoms with E-state index in [1.54, 1.807) is 24.4 Å². The van der Waals surface area contributed by atoms with Gasteiger partial charge in [0.25, 0.3) is 5.91 Å². The molecule has 2 N–H and O–H groups in total. The second-order valence-electron chi connectivity index (χ2n) is 3.93. The van der Waals surface area contributed by atoms with Gasteiger partial charge in [-0.05, 0) is 12.1 Å². The molecule has 0 saturated heterocycles. The molecule has 2 rings (SSSR count). The van der Waals surface area contributed by atoms with Crippen LogP contribution in [0.25, 0.3) is 11.0 Å². The summed E-state index contributed by atoms with van der Waals surface area (Å²) in [4.78, 5) is 30.5. The molecule has 7 heteroatoms. The molecule has 0 saturated carbocycles. The number of carboxylic acid groups (broad SMARTS) is 1. The molecule has 0 radical (unpaired) electrons. The summed E-state index contributed by atoms with van der Waals surface area (Å²) in [6.45, 7) is -0.0210. The summed E-state index contributed by atoms with van der Waals surface area (Å²) in [6, 6.07) is 5.16. The maximum Gasteiger partial charge on any atom is 0.329 e. The Kier molecular flexibility index (Phi) is 4.56. The fraction of sp³-hybridized carbons (Fsp3) is 0.231. The van der Waals surface area contributed by atoms with E-state index < -0.39 is 5.97 Å². The Balaban J connectivity index is 1.96. The first-order valence-corrected chi connectivity index (χ1v) is 5.96. The molecule has 1 heterocycles. The summed E-state index contributed by atoms with van der Waals surface area (Å²) >= 11 is 0. The Morgan fingerprint density at radius 1 is 1.25 bits per heavy atom. The van der Waals surface area contributed by atoms with Gasteiger partial charge < -0.3 is 15.2 Å². The standard InChI is InChI=1S/C13H13N3O4/c17-11(18)8-20-7-6-16-13(19)9-2-1-3-10-12(9)15-5-4-14-10/h1-5H,6-8H2,(H,16,19)(H,17,18). The minimum absolute atomic E-state index is 0.133. The molecule has 0 spiro atoms. The molecule has 0 aliphatic heterocycles. The van der Waals surface area contributed by atoms with Crippen molar-refractivity contribution in [2.75, 3.05) is 19.8 Å². The molecule has 0 unspecified atom stereocenters. The van der Waals surface area contributed by atoms with Gasteiger partial charge in [0.05, 0.1) is 17.7 Å². The van der Waals surface area contributed by atoms with Gasteiger partial charge in [-0.1, -0.05) is 6.07 Å². The van der Waals surface area contributed by atoms with Gasteiger partial charge >= 0.3 is 5.97 Å². The van der Waals surface area contributed by atoms with Crippen molar-refractivity contribution in [3.8, 4) is 0 Å². The van der Waals surface area contributed by atoms with Crippen molar-refractivity contribution >= 4 is 22.9 Å². The maximum absolute atomic E-state index is 12.0. The van der Waals surface area contributed by atoms with Crippen LogP contribution in [-0.2, 0) is 9.53 Å². The summed E-state index contributed by atoms with van der Waals surface area (Å²) < 4.78 is 4.83. The van der Waals surface area contributed by atoms with Crippen LogP contribution in [0.3, 0.4) is 0 Å². The average molecular weight is 275 g/mol. The van der Waals surface area contributed by atoms with Gasteiger partial charge in [0.1, 0.15) is 12.1 Å². The number of para-hydroxylation sites is 1. The molecule has 7 nitrogen and oxygen atoms in total. The number of rotatable bonds is 6. The Hall–Kier alpha value is -2.54. The smallest absolute Gasteiger partial charge is 0.329 e. The van der Waals surface area contributed by atoms with E-state index in [-0.39, 0.29) is 25.7 Å². The number of fused-ring (bicyclic) bond motifs is 1. The van der Waals surface area contributed by atoms with Crippen molar-refractivity contribution in [1.29, 1.82) is 0 Å². The summed E-state index contributed by atoms with van der Waals surface area (Å²) in [5.74, 6) is -1.34. The highest BCUT2D eigenvalue weighted by Gasteiger charge is 2.10. The highest BCUT2D eigenvalue weighted by atomic mass is 16.5. The van der Waals surface area contributed by atoms with Gasteiger partial charge in [-0.15, -0.1) is 0 Å². The lowest BCUT2D eigenvalue weighted by Crippen LogP contribution is -2.28. The van der Waals surface area contributed by atoms with Crippen LogP contribution in [0.1, 0.15) is 10.4 Å². The van der Waals surface area contributed by atoms with Crippen molar-refractivity contribution in [1.82, 2.24) is 15.3 Å². The lowest BCUT2D eigenvalue weighted by atomic mass is 10.1. The van der Waals surface area contributed by atoms with E-state index >= 15 is 0 Å². The number of aromatic nitrogens is 2. The van der Waals surface area contributed by atoms with E-state index in [2.05, 4.69) is 15.3 Å². The number of carbonyl (C=O) groups is 2. The third-order valence-electron chi connectivity index (χ3n) is 2.50. The van der Waals surface area contributed by atoms with Gasteiger partial charge in [-0.25, -0.2) is 4.79 Å². The Bertz CT molecular complexity index is 625. The van der Waals surface area contributed by atoms with Gasteiger partial charge in [-0.2, -0.15) is 0 Å². The third kappa shape index (κ3) is 3.48. The number of hydrogen-bond acceptors (Lipinski definition) is 5. The summed E-state index contributed by atoms with van der Waals surface area (Å²) in [6.07, 6.45) is 3.08. The Morgan fingerprint density at radius 3 is 2.85 bits per heavy atom. The fourth-order valence-corrected chi connectivity index (χ4v) is 1.67. The minimum Gasteiger partial charge on any atom is -0.480 e. The molecule has 1 aromatic heterocycles. The normalized spacial score (nSPS) is 10.4. The van der Waals surface area contributed by atoms with Crippen molar-refractivity contribution in [3.05, 3.63) is 36.2 Å². The van der Waals surface area contributed by atoms with Crippen molar-refractivity contribution < 1.29 is 19.4 Å². The van der Waals surface area contributed by atoms with Crippen LogP contribution in [0, 0.1) is 0 Å². The monoisotopic (exact) mass is 275 g/mol. The van der Waals surface area contributed by atoms with Crippen LogP contribution in [-0.4, -0.2) is 46.7 Å². The molecule has 0 atom stereocenters.